The predicted molar refractivity (Wildman–Crippen MR) is 270 cm³/mol. The summed E-state index contributed by atoms with van der Waals surface area (Å²) in [4.78, 5) is 48.2. The van der Waals surface area contributed by atoms with Crippen molar-refractivity contribution in [3.8, 4) is 0 Å². The van der Waals surface area contributed by atoms with Crippen molar-refractivity contribution in [2.24, 2.45) is 0 Å². The molecule has 0 heterocycles. The van der Waals surface area contributed by atoms with Gasteiger partial charge in [0.05, 0.1) is 19.8 Å². The molecule has 0 aromatic heterocycles. The lowest BCUT2D eigenvalue weighted by atomic mass is 10.1. The number of hydrogen-bond acceptors (Lipinski definition) is 10. The maximum atomic E-state index is 12.8. The second-order valence-corrected chi connectivity index (χ2v) is 19.1. The minimum atomic E-state index is -4.74. The molecule has 384 valence electrons. The Balaban J connectivity index is 4.70. The van der Waals surface area contributed by atoms with Gasteiger partial charge >= 0.3 is 25.7 Å². The molecule has 0 aliphatic heterocycles. The van der Waals surface area contributed by atoms with Gasteiger partial charge in [-0.15, -0.1) is 0 Å². The molecule has 0 saturated carbocycles. The first-order valence-electron chi connectivity index (χ1n) is 26.5. The number of allylic oxidation sites excluding steroid dienone is 8. The highest BCUT2D eigenvalue weighted by Gasteiger charge is 2.28. The standard InChI is InChI=1S/C54H97O11P/c1-4-7-10-13-16-19-21-22-23-24-25-26-27-28-30-32-34-37-40-43-52(56)61-47-51(65-54(58)45-42-39-36-33-29-20-17-14-11-8-5-2)49-63-66(59,60)62-48-50(46-55)64-53(57)44-41-38-35-31-18-15-12-9-6-3/h14,16-17,19,22-23,25-26,50-51,55H,4-13,15,18,20-21,24,27-49H2,1-3H3,(H,59,60)/b17-14-,19-16-,23-22-,26-25-. The van der Waals surface area contributed by atoms with E-state index in [1.54, 1.807) is 0 Å². The average molecular weight is 953 g/mol. The van der Waals surface area contributed by atoms with Crippen molar-refractivity contribution in [3.63, 3.8) is 0 Å². The molecular weight excluding hydrogens is 856 g/mol. The van der Waals surface area contributed by atoms with Gasteiger partial charge in [0.15, 0.2) is 6.10 Å². The van der Waals surface area contributed by atoms with Crippen LogP contribution in [-0.2, 0) is 42.2 Å². The van der Waals surface area contributed by atoms with Crippen LogP contribution in [0.2, 0.25) is 0 Å². The van der Waals surface area contributed by atoms with E-state index in [1.165, 1.54) is 70.6 Å². The van der Waals surface area contributed by atoms with Crippen LogP contribution in [0.5, 0.6) is 0 Å². The zero-order chi connectivity index (χ0) is 48.4. The Morgan fingerprint density at radius 3 is 1.23 bits per heavy atom. The van der Waals surface area contributed by atoms with Crippen LogP contribution in [0.25, 0.3) is 0 Å². The Morgan fingerprint density at radius 1 is 0.424 bits per heavy atom. The van der Waals surface area contributed by atoms with E-state index in [2.05, 4.69) is 69.4 Å². The lowest BCUT2D eigenvalue weighted by Gasteiger charge is -2.21. The molecule has 0 saturated heterocycles. The van der Waals surface area contributed by atoms with Gasteiger partial charge in [-0.3, -0.25) is 23.4 Å². The molecule has 0 bridgehead atoms. The Bertz CT molecular complexity index is 1300. The molecule has 0 radical (unpaired) electrons. The Kier molecular flexibility index (Phi) is 47.0. The van der Waals surface area contributed by atoms with Crippen LogP contribution < -0.4 is 0 Å². The SMILES string of the molecule is CCCC/C=C\CCCCCCCC(=O)OC(COC(=O)CCCCCCCC/C=C\C/C=C\C/C=C\CCCCC)COP(=O)(O)OCC(CO)OC(=O)CCCCCCCCCCC. The quantitative estimate of drug-likeness (QED) is 0.0197. The van der Waals surface area contributed by atoms with Crippen LogP contribution in [0.1, 0.15) is 239 Å². The van der Waals surface area contributed by atoms with Crippen LogP contribution >= 0.6 is 7.82 Å². The average Bonchev–Trinajstić information content (AvgIpc) is 3.30. The van der Waals surface area contributed by atoms with Gasteiger partial charge in [0.25, 0.3) is 0 Å². The van der Waals surface area contributed by atoms with E-state index >= 15 is 0 Å². The van der Waals surface area contributed by atoms with E-state index in [-0.39, 0.29) is 25.9 Å². The molecule has 0 aliphatic rings. The number of rotatable bonds is 49. The number of unbranched alkanes of at least 4 members (excludes halogenated alkanes) is 24. The fourth-order valence-electron chi connectivity index (χ4n) is 7.11. The summed E-state index contributed by atoms with van der Waals surface area (Å²) in [5.41, 5.74) is 0. The van der Waals surface area contributed by atoms with Gasteiger partial charge in [0, 0.05) is 19.3 Å². The minimum Gasteiger partial charge on any atom is -0.462 e. The lowest BCUT2D eigenvalue weighted by molar-refractivity contribution is -0.161. The first-order chi connectivity index (χ1) is 32.2. The molecular formula is C54H97O11P. The van der Waals surface area contributed by atoms with Crippen molar-refractivity contribution in [1.29, 1.82) is 0 Å². The van der Waals surface area contributed by atoms with Gasteiger partial charge in [-0.1, -0.05) is 191 Å². The molecule has 3 unspecified atom stereocenters. The number of aliphatic hydroxyl groups is 1. The van der Waals surface area contributed by atoms with Crippen molar-refractivity contribution in [3.05, 3.63) is 48.6 Å². The minimum absolute atomic E-state index is 0.155. The summed E-state index contributed by atoms with van der Waals surface area (Å²) >= 11 is 0. The highest BCUT2D eigenvalue weighted by molar-refractivity contribution is 7.47. The fourth-order valence-corrected chi connectivity index (χ4v) is 7.89. The first kappa shape index (κ1) is 63.4. The zero-order valence-corrected chi connectivity index (χ0v) is 43.1. The number of ether oxygens (including phenoxy) is 3. The van der Waals surface area contributed by atoms with Gasteiger partial charge in [-0.2, -0.15) is 0 Å². The van der Waals surface area contributed by atoms with E-state index in [0.29, 0.717) is 19.3 Å². The predicted octanol–water partition coefficient (Wildman–Crippen LogP) is 15.0. The third-order valence-electron chi connectivity index (χ3n) is 11.2. The first-order valence-corrected chi connectivity index (χ1v) is 28.0. The molecule has 2 N–H and O–H groups in total. The van der Waals surface area contributed by atoms with Crippen molar-refractivity contribution >= 4 is 25.7 Å². The molecule has 0 spiro atoms. The van der Waals surface area contributed by atoms with E-state index in [4.69, 9.17) is 23.3 Å². The Hall–Kier alpha value is -2.56. The summed E-state index contributed by atoms with van der Waals surface area (Å²) < 4.78 is 39.3. The monoisotopic (exact) mass is 953 g/mol. The number of esters is 3. The van der Waals surface area contributed by atoms with E-state index < -0.39 is 57.8 Å². The second kappa shape index (κ2) is 48.9. The highest BCUT2D eigenvalue weighted by Crippen LogP contribution is 2.43. The van der Waals surface area contributed by atoms with Gasteiger partial charge < -0.3 is 24.2 Å². The largest absolute Gasteiger partial charge is 0.472 e. The topological polar surface area (TPSA) is 155 Å². The maximum Gasteiger partial charge on any atom is 0.472 e. The van der Waals surface area contributed by atoms with Gasteiger partial charge in [0.1, 0.15) is 12.7 Å². The van der Waals surface area contributed by atoms with E-state index in [1.807, 2.05) is 0 Å². The highest BCUT2D eigenvalue weighted by atomic mass is 31.2. The number of aliphatic hydroxyl groups excluding tert-OH is 1. The van der Waals surface area contributed by atoms with Crippen LogP contribution in [0.15, 0.2) is 48.6 Å². The molecule has 3 atom stereocenters. The fraction of sp³-hybridized carbons (Fsp3) is 0.796. The Morgan fingerprint density at radius 2 is 0.758 bits per heavy atom. The molecule has 11 nitrogen and oxygen atoms in total. The van der Waals surface area contributed by atoms with Crippen molar-refractivity contribution in [2.45, 2.75) is 251 Å². The van der Waals surface area contributed by atoms with Crippen LogP contribution in [0.4, 0.5) is 0 Å². The summed E-state index contributed by atoms with van der Waals surface area (Å²) in [5, 5.41) is 9.74. The van der Waals surface area contributed by atoms with E-state index in [0.717, 1.165) is 109 Å². The maximum absolute atomic E-state index is 12.8. The Labute approximate surface area is 403 Å². The molecule has 0 aromatic rings. The van der Waals surface area contributed by atoms with E-state index in [9.17, 15) is 28.9 Å². The third-order valence-corrected chi connectivity index (χ3v) is 12.2. The lowest BCUT2D eigenvalue weighted by Crippen LogP contribution is -2.30. The smallest absolute Gasteiger partial charge is 0.462 e. The molecule has 0 amide bonds. The zero-order valence-electron chi connectivity index (χ0n) is 42.2. The number of carbonyl (C=O) groups excluding carboxylic acids is 3. The number of carbonyl (C=O) groups is 3. The van der Waals surface area contributed by atoms with Crippen LogP contribution in [0.3, 0.4) is 0 Å². The number of phosphoric acid groups is 1. The normalized spacial score (nSPS) is 13.8. The summed E-state index contributed by atoms with van der Waals surface area (Å²) in [7, 11) is -4.74. The summed E-state index contributed by atoms with van der Waals surface area (Å²) in [6.45, 7) is 4.52. The van der Waals surface area contributed by atoms with Gasteiger partial charge in [-0.25, -0.2) is 4.57 Å². The summed E-state index contributed by atoms with van der Waals surface area (Å²) in [6, 6.07) is 0. The molecule has 66 heavy (non-hydrogen) atoms. The van der Waals surface area contributed by atoms with Crippen molar-refractivity contribution in [1.82, 2.24) is 0 Å². The molecule has 0 aromatic carbocycles. The van der Waals surface area contributed by atoms with Crippen LogP contribution in [0, 0.1) is 0 Å². The number of phosphoric ester groups is 1. The summed E-state index contributed by atoms with van der Waals surface area (Å²) in [5.74, 6) is -1.49. The second-order valence-electron chi connectivity index (χ2n) is 17.7. The van der Waals surface area contributed by atoms with Crippen molar-refractivity contribution in [2.75, 3.05) is 26.4 Å². The van der Waals surface area contributed by atoms with Crippen LogP contribution in [-0.4, -0.2) is 66.5 Å². The van der Waals surface area contributed by atoms with Crippen molar-refractivity contribution < 1.29 is 52.2 Å². The molecule has 12 heteroatoms. The van der Waals surface area contributed by atoms with Gasteiger partial charge in [0.2, 0.25) is 0 Å². The third kappa shape index (κ3) is 46.5. The number of hydrogen-bond donors (Lipinski definition) is 2. The molecule has 0 fully saturated rings. The van der Waals surface area contributed by atoms with Gasteiger partial charge in [-0.05, 0) is 77.0 Å². The summed E-state index contributed by atoms with van der Waals surface area (Å²) in [6.07, 6.45) is 49.4. The molecule has 0 rings (SSSR count). The molecule has 0 aliphatic carbocycles.